The number of rotatable bonds is 3. The molecular formula is C12H20N2O3S2. The summed E-state index contributed by atoms with van der Waals surface area (Å²) < 4.78 is 27.4. The molecule has 7 heteroatoms. The maximum absolute atomic E-state index is 12.3. The first kappa shape index (κ1) is 14.7. The highest BCUT2D eigenvalue weighted by Gasteiger charge is 2.25. The molecule has 0 amide bonds. The number of aromatic nitrogens is 1. The summed E-state index contributed by atoms with van der Waals surface area (Å²) in [5.41, 5.74) is 0.421. The second-order valence-electron chi connectivity index (χ2n) is 5.36. The molecule has 2 unspecified atom stereocenters. The lowest BCUT2D eigenvalue weighted by Crippen LogP contribution is -2.34. The summed E-state index contributed by atoms with van der Waals surface area (Å²) in [6, 6.07) is -0.00782. The molecule has 1 heterocycles. The van der Waals surface area contributed by atoms with Crippen molar-refractivity contribution in [2.45, 2.75) is 56.2 Å². The summed E-state index contributed by atoms with van der Waals surface area (Å²) in [6.07, 6.45) is 5.02. The van der Waals surface area contributed by atoms with E-state index in [-0.39, 0.29) is 15.1 Å². The average Bonchev–Trinajstić information content (AvgIpc) is 2.52. The van der Waals surface area contributed by atoms with Gasteiger partial charge in [-0.25, -0.2) is 13.1 Å². The zero-order valence-corrected chi connectivity index (χ0v) is 12.9. The van der Waals surface area contributed by atoms with Crippen LogP contribution in [-0.2, 0) is 10.0 Å². The smallest absolute Gasteiger partial charge is 0.305 e. The Balaban J connectivity index is 2.13. The first-order chi connectivity index (χ1) is 8.88. The molecule has 2 N–H and O–H groups in total. The SMILES string of the molecule is Cc1[nH]c(=O)sc1S(=O)(=O)NC1CCCC(C)CC1. The molecule has 1 saturated carbocycles. The predicted octanol–water partition coefficient (Wildman–Crippen LogP) is 1.99. The Morgan fingerprint density at radius 1 is 1.26 bits per heavy atom. The Morgan fingerprint density at radius 3 is 2.63 bits per heavy atom. The largest absolute Gasteiger partial charge is 0.315 e. The van der Waals surface area contributed by atoms with Crippen LogP contribution < -0.4 is 9.60 Å². The Morgan fingerprint density at radius 2 is 2.00 bits per heavy atom. The third-order valence-corrected chi connectivity index (χ3v) is 6.73. The number of sulfonamides is 1. The van der Waals surface area contributed by atoms with Crippen LogP contribution in [0.1, 0.15) is 44.7 Å². The van der Waals surface area contributed by atoms with Gasteiger partial charge in [0, 0.05) is 11.7 Å². The van der Waals surface area contributed by atoms with Crippen molar-refractivity contribution in [2.24, 2.45) is 5.92 Å². The number of aryl methyl sites for hydroxylation is 1. The van der Waals surface area contributed by atoms with Gasteiger partial charge in [0.1, 0.15) is 0 Å². The molecule has 0 aromatic carbocycles. The fourth-order valence-electron chi connectivity index (χ4n) is 2.52. The normalized spacial score (nSPS) is 25.2. The monoisotopic (exact) mass is 304 g/mol. The fourth-order valence-corrected chi connectivity index (χ4v) is 5.15. The van der Waals surface area contributed by atoms with E-state index in [4.69, 9.17) is 0 Å². The molecule has 0 spiro atoms. The highest BCUT2D eigenvalue weighted by atomic mass is 32.2. The number of hydrogen-bond acceptors (Lipinski definition) is 4. The second-order valence-corrected chi connectivity index (χ2v) is 8.25. The second kappa shape index (κ2) is 5.76. The quantitative estimate of drug-likeness (QED) is 0.838. The van der Waals surface area contributed by atoms with Crippen molar-refractivity contribution in [2.75, 3.05) is 0 Å². The van der Waals surface area contributed by atoms with Gasteiger partial charge in [0.05, 0.1) is 0 Å². The highest BCUT2D eigenvalue weighted by Crippen LogP contribution is 2.24. The van der Waals surface area contributed by atoms with E-state index in [9.17, 15) is 13.2 Å². The van der Waals surface area contributed by atoms with Gasteiger partial charge in [0.2, 0.25) is 0 Å². The number of nitrogens with one attached hydrogen (secondary N) is 2. The lowest BCUT2D eigenvalue weighted by Gasteiger charge is -2.15. The maximum atomic E-state index is 12.3. The predicted molar refractivity (Wildman–Crippen MR) is 76.0 cm³/mol. The van der Waals surface area contributed by atoms with Crippen LogP contribution in [0.2, 0.25) is 0 Å². The van der Waals surface area contributed by atoms with Crippen molar-refractivity contribution < 1.29 is 8.42 Å². The summed E-state index contributed by atoms with van der Waals surface area (Å²) in [7, 11) is -3.57. The summed E-state index contributed by atoms with van der Waals surface area (Å²) in [5, 5.41) is 0. The van der Waals surface area contributed by atoms with Crippen molar-refractivity contribution in [3.05, 3.63) is 15.4 Å². The fraction of sp³-hybridized carbons (Fsp3) is 0.750. The molecular weight excluding hydrogens is 284 g/mol. The minimum absolute atomic E-state index is 0.00782. The molecule has 1 aromatic rings. The molecule has 1 aromatic heterocycles. The van der Waals surface area contributed by atoms with E-state index >= 15 is 0 Å². The Bertz CT molecular complexity index is 588. The van der Waals surface area contributed by atoms with Crippen LogP contribution in [0.5, 0.6) is 0 Å². The molecule has 108 valence electrons. The van der Waals surface area contributed by atoms with E-state index in [0.29, 0.717) is 11.6 Å². The summed E-state index contributed by atoms with van der Waals surface area (Å²) >= 11 is 0.754. The van der Waals surface area contributed by atoms with Crippen LogP contribution in [0.3, 0.4) is 0 Å². The van der Waals surface area contributed by atoms with E-state index in [2.05, 4.69) is 16.6 Å². The van der Waals surface area contributed by atoms with Crippen LogP contribution in [-0.4, -0.2) is 19.4 Å². The topological polar surface area (TPSA) is 79.0 Å². The van der Waals surface area contributed by atoms with E-state index in [1.165, 1.54) is 0 Å². The lowest BCUT2D eigenvalue weighted by atomic mass is 10.0. The average molecular weight is 304 g/mol. The summed E-state index contributed by atoms with van der Waals surface area (Å²) in [4.78, 5) is 13.4. The van der Waals surface area contributed by atoms with Crippen LogP contribution >= 0.6 is 11.3 Å². The minimum atomic E-state index is -3.57. The van der Waals surface area contributed by atoms with Gasteiger partial charge in [-0.15, -0.1) is 0 Å². The molecule has 0 saturated heterocycles. The third kappa shape index (κ3) is 3.67. The molecule has 2 atom stereocenters. The maximum Gasteiger partial charge on any atom is 0.305 e. The molecule has 1 aliphatic carbocycles. The Hall–Kier alpha value is -0.660. The molecule has 0 radical (unpaired) electrons. The molecule has 2 rings (SSSR count). The van der Waals surface area contributed by atoms with Gasteiger partial charge in [-0.1, -0.05) is 31.1 Å². The van der Waals surface area contributed by atoms with Gasteiger partial charge in [-0.3, -0.25) is 4.79 Å². The number of hydrogen-bond donors (Lipinski definition) is 2. The van der Waals surface area contributed by atoms with Gasteiger partial charge in [-0.2, -0.15) is 0 Å². The molecule has 0 bridgehead atoms. The van der Waals surface area contributed by atoms with Crippen molar-refractivity contribution in [1.29, 1.82) is 0 Å². The first-order valence-electron chi connectivity index (χ1n) is 6.60. The van der Waals surface area contributed by atoms with Crippen LogP contribution in [0.15, 0.2) is 9.00 Å². The van der Waals surface area contributed by atoms with Gasteiger partial charge in [0.25, 0.3) is 10.0 Å². The molecule has 1 fully saturated rings. The Labute approximate surface area is 117 Å². The number of H-pyrrole nitrogens is 1. The zero-order valence-electron chi connectivity index (χ0n) is 11.2. The molecule has 1 aliphatic rings. The molecule has 19 heavy (non-hydrogen) atoms. The van der Waals surface area contributed by atoms with Crippen LogP contribution in [0.25, 0.3) is 0 Å². The van der Waals surface area contributed by atoms with Gasteiger partial charge >= 0.3 is 4.87 Å². The van der Waals surface area contributed by atoms with Crippen molar-refractivity contribution in [1.82, 2.24) is 9.71 Å². The number of aromatic amines is 1. The number of thiazole rings is 1. The van der Waals surface area contributed by atoms with E-state index in [1.807, 2.05) is 0 Å². The molecule has 5 nitrogen and oxygen atoms in total. The summed E-state index contributed by atoms with van der Waals surface area (Å²) in [6.45, 7) is 3.82. The third-order valence-electron chi connectivity index (χ3n) is 3.60. The van der Waals surface area contributed by atoms with E-state index < -0.39 is 10.0 Å². The lowest BCUT2D eigenvalue weighted by molar-refractivity contribution is 0.485. The van der Waals surface area contributed by atoms with Crippen LogP contribution in [0, 0.1) is 12.8 Å². The van der Waals surface area contributed by atoms with Crippen molar-refractivity contribution in [3.63, 3.8) is 0 Å². The van der Waals surface area contributed by atoms with Gasteiger partial charge < -0.3 is 4.98 Å². The Kier molecular flexibility index (Phi) is 4.47. The van der Waals surface area contributed by atoms with Gasteiger partial charge in [-0.05, 0) is 32.1 Å². The van der Waals surface area contributed by atoms with Crippen molar-refractivity contribution in [3.8, 4) is 0 Å². The van der Waals surface area contributed by atoms with Crippen LogP contribution in [0.4, 0.5) is 0 Å². The first-order valence-corrected chi connectivity index (χ1v) is 8.90. The minimum Gasteiger partial charge on any atom is -0.315 e. The summed E-state index contributed by atoms with van der Waals surface area (Å²) in [5.74, 6) is 0.666. The zero-order chi connectivity index (χ0) is 14.0. The highest BCUT2D eigenvalue weighted by molar-refractivity contribution is 7.91. The van der Waals surface area contributed by atoms with Crippen molar-refractivity contribution >= 4 is 21.4 Å². The molecule has 0 aliphatic heterocycles. The van der Waals surface area contributed by atoms with E-state index in [1.54, 1.807) is 6.92 Å². The van der Waals surface area contributed by atoms with Gasteiger partial charge in [0.15, 0.2) is 4.21 Å². The standard InChI is InChI=1S/C12H20N2O3S2/c1-8-4-3-5-10(7-6-8)14-19(16,17)11-9(2)13-12(15)18-11/h8,10,14H,3-7H2,1-2H3,(H,13,15). The van der Waals surface area contributed by atoms with E-state index in [0.717, 1.165) is 43.4 Å².